The van der Waals surface area contributed by atoms with E-state index in [1.165, 1.54) is 4.57 Å². The van der Waals surface area contributed by atoms with Gasteiger partial charge in [-0.05, 0) is 37.2 Å². The Kier molecular flexibility index (Phi) is 6.21. The van der Waals surface area contributed by atoms with Crippen molar-refractivity contribution in [3.05, 3.63) is 39.4 Å². The predicted molar refractivity (Wildman–Crippen MR) is 115 cm³/mol. The van der Waals surface area contributed by atoms with Gasteiger partial charge in [-0.15, -0.1) is 0 Å². The molecule has 1 aliphatic rings. The van der Waals surface area contributed by atoms with Crippen LogP contribution in [0.3, 0.4) is 0 Å². The minimum atomic E-state index is -0.387. The number of amides is 2. The van der Waals surface area contributed by atoms with Crippen LogP contribution in [0.15, 0.2) is 29.1 Å². The Hall–Kier alpha value is -2.48. The molecular formula is C21H28N4O3S. The maximum absolute atomic E-state index is 12.6. The number of hydrogen-bond donors (Lipinski definition) is 2. The molecule has 2 amide bonds. The van der Waals surface area contributed by atoms with E-state index in [0.29, 0.717) is 28.8 Å². The zero-order valence-electron chi connectivity index (χ0n) is 17.2. The quantitative estimate of drug-likeness (QED) is 0.750. The van der Waals surface area contributed by atoms with Crippen LogP contribution < -0.4 is 10.9 Å². The number of piperidine rings is 1. The minimum Gasteiger partial charge on any atom is -0.353 e. The van der Waals surface area contributed by atoms with Crippen molar-refractivity contribution in [3.8, 4) is 0 Å². The van der Waals surface area contributed by atoms with Gasteiger partial charge >= 0.3 is 0 Å². The molecule has 0 spiro atoms. The van der Waals surface area contributed by atoms with Crippen LogP contribution in [-0.4, -0.2) is 45.4 Å². The zero-order chi connectivity index (χ0) is 21.2. The lowest BCUT2D eigenvalue weighted by molar-refractivity contribution is -0.140. The molecule has 8 heteroatoms. The van der Waals surface area contributed by atoms with Crippen molar-refractivity contribution in [1.82, 2.24) is 19.8 Å². The van der Waals surface area contributed by atoms with Gasteiger partial charge in [0, 0.05) is 37.5 Å². The van der Waals surface area contributed by atoms with E-state index in [1.54, 1.807) is 18.2 Å². The summed E-state index contributed by atoms with van der Waals surface area (Å²) in [6.07, 6.45) is 1.66. The Morgan fingerprint density at radius 3 is 2.52 bits per heavy atom. The number of aromatic nitrogens is 2. The largest absolute Gasteiger partial charge is 0.353 e. The van der Waals surface area contributed by atoms with E-state index < -0.39 is 0 Å². The van der Waals surface area contributed by atoms with Gasteiger partial charge < -0.3 is 15.2 Å². The Balaban J connectivity index is 1.55. The summed E-state index contributed by atoms with van der Waals surface area (Å²) in [6.45, 7) is 7.29. The van der Waals surface area contributed by atoms with Crippen molar-refractivity contribution in [2.24, 2.45) is 5.41 Å². The number of nitrogens with one attached hydrogen (secondary N) is 2. The van der Waals surface area contributed by atoms with E-state index in [2.05, 4.69) is 10.3 Å². The third kappa shape index (κ3) is 4.93. The molecule has 1 fully saturated rings. The number of aromatic amines is 1. The first kappa shape index (κ1) is 21.2. The van der Waals surface area contributed by atoms with Gasteiger partial charge in [0.2, 0.25) is 11.8 Å². The van der Waals surface area contributed by atoms with Crippen LogP contribution in [0.1, 0.15) is 40.0 Å². The minimum absolute atomic E-state index is 0.0504. The van der Waals surface area contributed by atoms with Crippen molar-refractivity contribution in [1.29, 1.82) is 0 Å². The van der Waals surface area contributed by atoms with E-state index in [0.717, 1.165) is 12.8 Å². The Bertz CT molecular complexity index is 1030. The molecule has 1 aromatic carbocycles. The summed E-state index contributed by atoms with van der Waals surface area (Å²) in [5.74, 6) is 0.0345. The third-order valence-corrected chi connectivity index (χ3v) is 5.56. The second kappa shape index (κ2) is 8.49. The van der Waals surface area contributed by atoms with Crippen LogP contribution in [0, 0.1) is 10.2 Å². The summed E-state index contributed by atoms with van der Waals surface area (Å²) in [6, 6.07) is 7.24. The average Bonchev–Trinajstić information content (AvgIpc) is 2.67. The highest BCUT2D eigenvalue weighted by atomic mass is 32.1. The summed E-state index contributed by atoms with van der Waals surface area (Å²) >= 11 is 5.29. The predicted octanol–water partition coefficient (Wildman–Crippen LogP) is 2.60. The number of benzene rings is 1. The molecule has 2 N–H and O–H groups in total. The number of nitrogens with zero attached hydrogens (tertiary/aromatic N) is 2. The fourth-order valence-corrected chi connectivity index (χ4v) is 3.90. The second-order valence-electron chi connectivity index (χ2n) is 8.57. The van der Waals surface area contributed by atoms with Crippen LogP contribution in [0.2, 0.25) is 0 Å². The maximum Gasteiger partial charge on any atom is 0.262 e. The van der Waals surface area contributed by atoms with Crippen LogP contribution in [0.4, 0.5) is 0 Å². The first-order chi connectivity index (χ1) is 13.7. The SMILES string of the molecule is CC(C)(C)C(=O)N1CCC(NC(=O)CCn2c(=S)[nH]c3ccccc3c2=O)CC1. The molecule has 29 heavy (non-hydrogen) atoms. The summed E-state index contributed by atoms with van der Waals surface area (Å²) in [4.78, 5) is 42.3. The van der Waals surface area contributed by atoms with Gasteiger partial charge in [-0.25, -0.2) is 0 Å². The van der Waals surface area contributed by atoms with Crippen molar-refractivity contribution in [2.75, 3.05) is 13.1 Å². The highest BCUT2D eigenvalue weighted by Crippen LogP contribution is 2.21. The molecule has 1 saturated heterocycles. The smallest absolute Gasteiger partial charge is 0.262 e. The lowest BCUT2D eigenvalue weighted by atomic mass is 9.93. The normalized spacial score (nSPS) is 15.5. The maximum atomic E-state index is 12.6. The molecule has 1 aromatic heterocycles. The average molecular weight is 417 g/mol. The van der Waals surface area contributed by atoms with Gasteiger partial charge in [-0.1, -0.05) is 32.9 Å². The zero-order valence-corrected chi connectivity index (χ0v) is 18.0. The Morgan fingerprint density at radius 1 is 1.21 bits per heavy atom. The Morgan fingerprint density at radius 2 is 1.86 bits per heavy atom. The van der Waals surface area contributed by atoms with Crippen molar-refractivity contribution in [2.45, 2.75) is 52.6 Å². The summed E-state index contributed by atoms with van der Waals surface area (Å²) in [5.41, 5.74) is 0.119. The fourth-order valence-electron chi connectivity index (χ4n) is 3.62. The van der Waals surface area contributed by atoms with Crippen LogP contribution in [0.25, 0.3) is 10.9 Å². The van der Waals surface area contributed by atoms with E-state index in [-0.39, 0.29) is 41.8 Å². The van der Waals surface area contributed by atoms with E-state index in [1.807, 2.05) is 31.7 Å². The summed E-state index contributed by atoms with van der Waals surface area (Å²) in [7, 11) is 0. The van der Waals surface area contributed by atoms with Gasteiger partial charge in [-0.3, -0.25) is 19.0 Å². The molecule has 7 nitrogen and oxygen atoms in total. The van der Waals surface area contributed by atoms with Gasteiger partial charge in [0.1, 0.15) is 0 Å². The lowest BCUT2D eigenvalue weighted by Crippen LogP contribution is -2.49. The molecule has 0 unspecified atom stereocenters. The highest BCUT2D eigenvalue weighted by Gasteiger charge is 2.30. The lowest BCUT2D eigenvalue weighted by Gasteiger charge is -2.36. The summed E-state index contributed by atoms with van der Waals surface area (Å²) in [5, 5.41) is 3.58. The number of carbonyl (C=O) groups is 2. The third-order valence-electron chi connectivity index (χ3n) is 5.24. The van der Waals surface area contributed by atoms with Crippen LogP contribution in [-0.2, 0) is 16.1 Å². The molecule has 0 atom stereocenters. The number of hydrogen-bond acceptors (Lipinski definition) is 4. The number of H-pyrrole nitrogens is 1. The molecule has 2 aromatic rings. The van der Waals surface area contributed by atoms with Crippen LogP contribution >= 0.6 is 12.2 Å². The van der Waals surface area contributed by atoms with Gasteiger partial charge in [0.25, 0.3) is 5.56 Å². The van der Waals surface area contributed by atoms with Gasteiger partial charge in [-0.2, -0.15) is 0 Å². The summed E-state index contributed by atoms with van der Waals surface area (Å²) < 4.78 is 1.75. The number of carbonyl (C=O) groups excluding carboxylic acids is 2. The topological polar surface area (TPSA) is 87.2 Å². The highest BCUT2D eigenvalue weighted by molar-refractivity contribution is 7.71. The van der Waals surface area contributed by atoms with Crippen molar-refractivity contribution < 1.29 is 9.59 Å². The number of para-hydroxylation sites is 1. The van der Waals surface area contributed by atoms with Gasteiger partial charge in [0.05, 0.1) is 10.9 Å². The molecule has 3 rings (SSSR count). The molecule has 0 radical (unpaired) electrons. The molecular weight excluding hydrogens is 388 g/mol. The fraction of sp³-hybridized carbons (Fsp3) is 0.524. The molecule has 0 saturated carbocycles. The van der Waals surface area contributed by atoms with E-state index >= 15 is 0 Å². The number of rotatable bonds is 4. The number of likely N-dealkylation sites (tertiary alicyclic amines) is 1. The first-order valence-corrected chi connectivity index (χ1v) is 10.4. The molecule has 156 valence electrons. The molecule has 1 aliphatic heterocycles. The Labute approximate surface area is 175 Å². The number of fused-ring (bicyclic) bond motifs is 1. The standard InChI is InChI=1S/C21H28N4O3S/c1-21(2,3)19(28)24-11-8-14(9-12-24)22-17(26)10-13-25-18(27)15-6-4-5-7-16(15)23-20(25)29/h4-7,14H,8-13H2,1-3H3,(H,22,26)(H,23,29). The molecule has 0 aliphatic carbocycles. The molecule has 2 heterocycles. The second-order valence-corrected chi connectivity index (χ2v) is 8.95. The van der Waals surface area contributed by atoms with Crippen molar-refractivity contribution >= 4 is 34.9 Å². The van der Waals surface area contributed by atoms with E-state index in [9.17, 15) is 14.4 Å². The first-order valence-electron chi connectivity index (χ1n) is 9.97. The van der Waals surface area contributed by atoms with E-state index in [4.69, 9.17) is 12.2 Å². The van der Waals surface area contributed by atoms with Crippen molar-refractivity contribution in [3.63, 3.8) is 0 Å². The molecule has 0 bridgehead atoms. The van der Waals surface area contributed by atoms with Gasteiger partial charge in [0.15, 0.2) is 4.77 Å². The van der Waals surface area contributed by atoms with Crippen LogP contribution in [0.5, 0.6) is 0 Å². The monoisotopic (exact) mass is 416 g/mol.